The van der Waals surface area contributed by atoms with Crippen molar-refractivity contribution in [3.63, 3.8) is 0 Å². The molecule has 2 heterocycles. The van der Waals surface area contributed by atoms with E-state index in [-0.39, 0.29) is 12.0 Å². The fourth-order valence-corrected chi connectivity index (χ4v) is 3.54. The minimum atomic E-state index is 0.0235. The van der Waals surface area contributed by atoms with Crippen LogP contribution in [0.25, 0.3) is 0 Å². The standard InChI is InChI=1S/C20H30N2O4/c1-15(2)21-8-6-17(7-9-21)26-19-14-16(4-5-18(19)24-3)20(23)22-10-12-25-13-11-22/h4-5,14-15,17H,6-13H2,1-3H3. The van der Waals surface area contributed by atoms with E-state index in [1.165, 1.54) is 0 Å². The first-order valence-electron chi connectivity index (χ1n) is 9.54. The van der Waals surface area contributed by atoms with Crippen LogP contribution in [0.1, 0.15) is 37.0 Å². The van der Waals surface area contributed by atoms with E-state index >= 15 is 0 Å². The van der Waals surface area contributed by atoms with Gasteiger partial charge in [0.1, 0.15) is 6.10 Å². The first kappa shape index (κ1) is 19.0. The number of hydrogen-bond acceptors (Lipinski definition) is 5. The average molecular weight is 362 g/mol. The molecule has 3 rings (SSSR count). The molecule has 2 saturated heterocycles. The van der Waals surface area contributed by atoms with Crippen LogP contribution >= 0.6 is 0 Å². The molecule has 0 saturated carbocycles. The predicted molar refractivity (Wildman–Crippen MR) is 100 cm³/mol. The maximum absolute atomic E-state index is 12.7. The molecule has 0 aromatic heterocycles. The normalized spacial score (nSPS) is 19.6. The van der Waals surface area contributed by atoms with Gasteiger partial charge in [0.25, 0.3) is 5.91 Å². The Labute approximate surface area is 156 Å². The summed E-state index contributed by atoms with van der Waals surface area (Å²) in [6.07, 6.45) is 2.14. The quantitative estimate of drug-likeness (QED) is 0.805. The highest BCUT2D eigenvalue weighted by molar-refractivity contribution is 5.95. The fraction of sp³-hybridized carbons (Fsp3) is 0.650. The number of nitrogens with zero attached hydrogens (tertiary/aromatic N) is 2. The van der Waals surface area contributed by atoms with Crippen LogP contribution in [-0.4, -0.2) is 74.4 Å². The van der Waals surface area contributed by atoms with Crippen molar-refractivity contribution in [3.8, 4) is 11.5 Å². The third-order valence-corrected chi connectivity index (χ3v) is 5.21. The third kappa shape index (κ3) is 4.48. The van der Waals surface area contributed by atoms with Gasteiger partial charge in [0, 0.05) is 37.8 Å². The van der Waals surface area contributed by atoms with E-state index in [0.717, 1.165) is 25.9 Å². The van der Waals surface area contributed by atoms with Crippen LogP contribution in [0.3, 0.4) is 0 Å². The van der Waals surface area contributed by atoms with Crippen molar-refractivity contribution in [3.05, 3.63) is 23.8 Å². The second kappa shape index (κ2) is 8.73. The summed E-state index contributed by atoms with van der Waals surface area (Å²) >= 11 is 0. The van der Waals surface area contributed by atoms with Gasteiger partial charge in [0.15, 0.2) is 11.5 Å². The van der Waals surface area contributed by atoms with Crippen molar-refractivity contribution < 1.29 is 19.0 Å². The minimum absolute atomic E-state index is 0.0235. The van der Waals surface area contributed by atoms with Crippen LogP contribution in [-0.2, 0) is 4.74 Å². The molecule has 0 spiro atoms. The van der Waals surface area contributed by atoms with Crippen molar-refractivity contribution in [2.75, 3.05) is 46.5 Å². The Bertz CT molecular complexity index is 606. The van der Waals surface area contributed by atoms with Crippen molar-refractivity contribution in [2.45, 2.75) is 38.8 Å². The number of carbonyl (C=O) groups is 1. The molecule has 0 aliphatic carbocycles. The molecule has 1 aromatic rings. The Morgan fingerprint density at radius 3 is 2.42 bits per heavy atom. The second-order valence-corrected chi connectivity index (χ2v) is 7.22. The Hall–Kier alpha value is -1.79. The molecule has 0 radical (unpaired) electrons. The van der Waals surface area contributed by atoms with Gasteiger partial charge < -0.3 is 24.0 Å². The number of piperidine rings is 1. The zero-order valence-corrected chi connectivity index (χ0v) is 16.1. The molecule has 6 heteroatoms. The van der Waals surface area contributed by atoms with Gasteiger partial charge in [-0.2, -0.15) is 0 Å². The molecular formula is C20H30N2O4. The molecule has 26 heavy (non-hydrogen) atoms. The first-order valence-corrected chi connectivity index (χ1v) is 9.54. The van der Waals surface area contributed by atoms with Gasteiger partial charge in [0.05, 0.1) is 20.3 Å². The molecule has 0 atom stereocenters. The number of likely N-dealkylation sites (tertiary alicyclic amines) is 1. The predicted octanol–water partition coefficient (Wildman–Crippen LogP) is 2.42. The van der Waals surface area contributed by atoms with E-state index in [1.54, 1.807) is 7.11 Å². The monoisotopic (exact) mass is 362 g/mol. The summed E-state index contributed by atoms with van der Waals surface area (Å²) in [7, 11) is 1.63. The van der Waals surface area contributed by atoms with Crippen LogP contribution in [0.2, 0.25) is 0 Å². The lowest BCUT2D eigenvalue weighted by atomic mass is 10.1. The SMILES string of the molecule is COc1ccc(C(=O)N2CCOCC2)cc1OC1CCN(C(C)C)CC1. The molecule has 1 aromatic carbocycles. The number of ether oxygens (including phenoxy) is 3. The Kier molecular flexibility index (Phi) is 6.38. The number of rotatable bonds is 5. The first-order chi connectivity index (χ1) is 12.6. The van der Waals surface area contributed by atoms with Crippen LogP contribution in [0.4, 0.5) is 0 Å². The van der Waals surface area contributed by atoms with Gasteiger partial charge in [-0.1, -0.05) is 0 Å². The summed E-state index contributed by atoms with van der Waals surface area (Å²) in [4.78, 5) is 17.0. The molecule has 2 fully saturated rings. The highest BCUT2D eigenvalue weighted by Crippen LogP contribution is 2.31. The van der Waals surface area contributed by atoms with Gasteiger partial charge in [-0.3, -0.25) is 4.79 Å². The lowest BCUT2D eigenvalue weighted by Crippen LogP contribution is -2.42. The molecule has 144 valence electrons. The third-order valence-electron chi connectivity index (χ3n) is 5.21. The van der Waals surface area contributed by atoms with E-state index in [9.17, 15) is 4.79 Å². The van der Waals surface area contributed by atoms with Crippen LogP contribution in [0.15, 0.2) is 18.2 Å². The molecule has 6 nitrogen and oxygen atoms in total. The summed E-state index contributed by atoms with van der Waals surface area (Å²) in [5.74, 6) is 1.36. The number of carbonyl (C=O) groups excluding carboxylic acids is 1. The molecule has 2 aliphatic rings. The summed E-state index contributed by atoms with van der Waals surface area (Å²) in [6, 6.07) is 6.03. The van der Waals surface area contributed by atoms with Crippen molar-refractivity contribution >= 4 is 5.91 Å². The van der Waals surface area contributed by atoms with Crippen LogP contribution in [0, 0.1) is 0 Å². The summed E-state index contributed by atoms with van der Waals surface area (Å²) < 4.78 is 17.0. The molecule has 0 bridgehead atoms. The zero-order valence-electron chi connectivity index (χ0n) is 16.1. The Balaban J connectivity index is 1.69. The fourth-order valence-electron chi connectivity index (χ4n) is 3.54. The van der Waals surface area contributed by atoms with Gasteiger partial charge >= 0.3 is 0 Å². The summed E-state index contributed by atoms with van der Waals surface area (Å²) in [6.45, 7) is 8.99. The number of benzene rings is 1. The summed E-state index contributed by atoms with van der Waals surface area (Å²) in [5.41, 5.74) is 0.641. The smallest absolute Gasteiger partial charge is 0.254 e. The van der Waals surface area contributed by atoms with Crippen molar-refractivity contribution in [1.29, 1.82) is 0 Å². The van der Waals surface area contributed by atoms with Crippen molar-refractivity contribution in [2.24, 2.45) is 0 Å². The van der Waals surface area contributed by atoms with Gasteiger partial charge in [-0.15, -0.1) is 0 Å². The molecule has 0 unspecified atom stereocenters. The van der Waals surface area contributed by atoms with E-state index < -0.39 is 0 Å². The van der Waals surface area contributed by atoms with Crippen molar-refractivity contribution in [1.82, 2.24) is 9.80 Å². The molecule has 0 N–H and O–H groups in total. The number of morpholine rings is 1. The number of amides is 1. The number of methoxy groups -OCH3 is 1. The zero-order chi connectivity index (χ0) is 18.5. The summed E-state index contributed by atoms with van der Waals surface area (Å²) in [5, 5.41) is 0. The highest BCUT2D eigenvalue weighted by atomic mass is 16.5. The molecule has 2 aliphatic heterocycles. The molecule has 1 amide bonds. The highest BCUT2D eigenvalue weighted by Gasteiger charge is 2.24. The largest absolute Gasteiger partial charge is 0.493 e. The maximum Gasteiger partial charge on any atom is 0.254 e. The second-order valence-electron chi connectivity index (χ2n) is 7.22. The topological polar surface area (TPSA) is 51.2 Å². The van der Waals surface area contributed by atoms with E-state index in [2.05, 4.69) is 18.7 Å². The van der Waals surface area contributed by atoms with Gasteiger partial charge in [-0.05, 0) is 44.9 Å². The van der Waals surface area contributed by atoms with Crippen LogP contribution in [0.5, 0.6) is 11.5 Å². The van der Waals surface area contributed by atoms with E-state index in [4.69, 9.17) is 14.2 Å². The minimum Gasteiger partial charge on any atom is -0.493 e. The van der Waals surface area contributed by atoms with E-state index in [0.29, 0.717) is 49.4 Å². The van der Waals surface area contributed by atoms with Crippen LogP contribution < -0.4 is 9.47 Å². The lowest BCUT2D eigenvalue weighted by Gasteiger charge is -2.34. The van der Waals surface area contributed by atoms with Gasteiger partial charge in [-0.25, -0.2) is 0 Å². The molecular weight excluding hydrogens is 332 g/mol. The Morgan fingerprint density at radius 1 is 1.12 bits per heavy atom. The average Bonchev–Trinajstić information content (AvgIpc) is 2.68. The lowest BCUT2D eigenvalue weighted by molar-refractivity contribution is 0.0302. The maximum atomic E-state index is 12.7. The van der Waals surface area contributed by atoms with E-state index in [1.807, 2.05) is 23.1 Å². The van der Waals surface area contributed by atoms with Gasteiger partial charge in [0.2, 0.25) is 0 Å². The Morgan fingerprint density at radius 2 is 1.81 bits per heavy atom. The number of hydrogen-bond donors (Lipinski definition) is 0.